The zero-order chi connectivity index (χ0) is 15.6. The van der Waals surface area contributed by atoms with Gasteiger partial charge in [0, 0.05) is 20.0 Å². The van der Waals surface area contributed by atoms with E-state index in [0.29, 0.717) is 12.2 Å². The summed E-state index contributed by atoms with van der Waals surface area (Å²) in [4.78, 5) is -0.263. The number of nitrogens with two attached hydrogens (primary N) is 1. The van der Waals surface area contributed by atoms with Crippen molar-refractivity contribution in [3.05, 3.63) is 35.1 Å². The highest BCUT2D eigenvalue weighted by atomic mass is 35.5. The summed E-state index contributed by atoms with van der Waals surface area (Å²) in [6.45, 7) is 0.0997. The minimum absolute atomic E-state index is 0.0997. The molecule has 0 atom stereocenters. The van der Waals surface area contributed by atoms with Crippen molar-refractivity contribution in [3.8, 4) is 0 Å². The monoisotopic (exact) mass is 333 g/mol. The summed E-state index contributed by atoms with van der Waals surface area (Å²) in [7, 11) is -2.13. The summed E-state index contributed by atoms with van der Waals surface area (Å²) in [5.41, 5.74) is 5.08. The molecule has 0 radical (unpaired) electrons. The molecule has 10 heteroatoms. The number of halogens is 2. The molecule has 0 amide bonds. The van der Waals surface area contributed by atoms with Crippen LogP contribution in [0.1, 0.15) is 5.82 Å². The lowest BCUT2D eigenvalue weighted by Gasteiger charge is -2.09. The molecule has 1 aromatic carbocycles. The number of nitrogens with one attached hydrogen (secondary N) is 1. The molecule has 0 aliphatic carbocycles. The summed E-state index contributed by atoms with van der Waals surface area (Å²) in [6, 6.07) is 1.86. The minimum Gasteiger partial charge on any atom is -0.396 e. The van der Waals surface area contributed by atoms with Crippen LogP contribution in [0.25, 0.3) is 0 Å². The molecule has 0 aliphatic rings. The highest BCUT2D eigenvalue weighted by Crippen LogP contribution is 2.26. The molecular weight excluding hydrogens is 321 g/mol. The number of rotatable bonds is 5. The van der Waals surface area contributed by atoms with E-state index >= 15 is 0 Å². The van der Waals surface area contributed by atoms with E-state index in [1.807, 2.05) is 0 Å². The third-order valence-corrected chi connectivity index (χ3v) is 4.71. The molecule has 1 aromatic heterocycles. The van der Waals surface area contributed by atoms with Crippen LogP contribution < -0.4 is 10.5 Å². The molecule has 3 N–H and O–H groups in total. The molecule has 1 heterocycles. The maximum atomic E-state index is 13.2. The van der Waals surface area contributed by atoms with Gasteiger partial charge in [-0.25, -0.2) is 17.5 Å². The number of nitrogens with zero attached hydrogens (tertiary/aromatic N) is 3. The van der Waals surface area contributed by atoms with Gasteiger partial charge in [0.05, 0.1) is 10.7 Å². The van der Waals surface area contributed by atoms with E-state index in [4.69, 9.17) is 17.3 Å². The number of anilines is 1. The fourth-order valence-corrected chi connectivity index (χ4v) is 3.24. The highest BCUT2D eigenvalue weighted by Gasteiger charge is 2.20. The summed E-state index contributed by atoms with van der Waals surface area (Å²) >= 11 is 5.75. The molecule has 0 saturated carbocycles. The number of hydrogen-bond donors (Lipinski definition) is 2. The number of benzene rings is 1. The van der Waals surface area contributed by atoms with Crippen LogP contribution in [0.2, 0.25) is 5.02 Å². The van der Waals surface area contributed by atoms with Crippen LogP contribution in [-0.4, -0.2) is 29.7 Å². The first-order valence-electron chi connectivity index (χ1n) is 5.88. The number of aromatic nitrogens is 3. The van der Waals surface area contributed by atoms with Crippen LogP contribution in [0, 0.1) is 5.82 Å². The smallest absolute Gasteiger partial charge is 0.242 e. The van der Waals surface area contributed by atoms with Crippen LogP contribution in [0.3, 0.4) is 0 Å². The van der Waals surface area contributed by atoms with Crippen molar-refractivity contribution in [2.45, 2.75) is 11.3 Å². The molecule has 0 saturated heterocycles. The Kier molecular flexibility index (Phi) is 4.45. The van der Waals surface area contributed by atoms with Gasteiger partial charge in [0.15, 0.2) is 0 Å². The lowest BCUT2D eigenvalue weighted by Crippen LogP contribution is -2.27. The normalized spacial score (nSPS) is 11.8. The lowest BCUT2D eigenvalue weighted by atomic mass is 10.3. The predicted molar refractivity (Wildman–Crippen MR) is 75.7 cm³/mol. The topological polar surface area (TPSA) is 103 Å². The van der Waals surface area contributed by atoms with Gasteiger partial charge in [-0.15, -0.1) is 10.2 Å². The zero-order valence-corrected chi connectivity index (χ0v) is 12.6. The quantitative estimate of drug-likeness (QED) is 0.784. The van der Waals surface area contributed by atoms with Gasteiger partial charge < -0.3 is 10.3 Å². The number of nitrogen functional groups attached to an aromatic ring is 1. The Labute approximate surface area is 126 Å². The molecule has 0 unspecified atom stereocenters. The van der Waals surface area contributed by atoms with Gasteiger partial charge >= 0.3 is 0 Å². The summed E-state index contributed by atoms with van der Waals surface area (Å²) < 4.78 is 41.4. The first-order valence-corrected chi connectivity index (χ1v) is 7.74. The number of sulfonamides is 1. The molecule has 2 rings (SSSR count). The van der Waals surface area contributed by atoms with Gasteiger partial charge in [0.1, 0.15) is 22.9 Å². The van der Waals surface area contributed by atoms with Crippen molar-refractivity contribution in [1.82, 2.24) is 19.5 Å². The largest absolute Gasteiger partial charge is 0.396 e. The van der Waals surface area contributed by atoms with Crippen LogP contribution in [0.4, 0.5) is 10.1 Å². The second-order valence-corrected chi connectivity index (χ2v) is 6.45. The Hall–Kier alpha value is -1.71. The summed E-state index contributed by atoms with van der Waals surface area (Å²) in [5.74, 6) is -0.138. The number of hydrogen-bond acceptors (Lipinski definition) is 5. The van der Waals surface area contributed by atoms with Gasteiger partial charge in [-0.3, -0.25) is 0 Å². The highest BCUT2D eigenvalue weighted by molar-refractivity contribution is 7.89. The second-order valence-electron chi connectivity index (χ2n) is 4.31. The number of aryl methyl sites for hydroxylation is 1. The Morgan fingerprint density at radius 3 is 2.81 bits per heavy atom. The van der Waals surface area contributed by atoms with E-state index in [1.165, 1.54) is 6.33 Å². The Morgan fingerprint density at radius 1 is 1.48 bits per heavy atom. The van der Waals surface area contributed by atoms with Crippen LogP contribution in [-0.2, 0) is 23.5 Å². The average molecular weight is 334 g/mol. The van der Waals surface area contributed by atoms with Gasteiger partial charge in [-0.2, -0.15) is 0 Å². The summed E-state index contributed by atoms with van der Waals surface area (Å²) in [5, 5.41) is 7.29. The zero-order valence-electron chi connectivity index (χ0n) is 11.0. The van der Waals surface area contributed by atoms with Gasteiger partial charge in [0.2, 0.25) is 10.0 Å². The van der Waals surface area contributed by atoms with Crippen molar-refractivity contribution in [2.75, 3.05) is 12.3 Å². The van der Waals surface area contributed by atoms with Crippen molar-refractivity contribution < 1.29 is 12.8 Å². The second kappa shape index (κ2) is 5.96. The predicted octanol–water partition coefficient (Wildman–Crippen LogP) is 0.711. The van der Waals surface area contributed by atoms with Crippen molar-refractivity contribution in [1.29, 1.82) is 0 Å². The Bertz CT molecular complexity index is 762. The Morgan fingerprint density at radius 2 is 2.19 bits per heavy atom. The van der Waals surface area contributed by atoms with Crippen LogP contribution in [0.15, 0.2) is 23.4 Å². The SMILES string of the molecule is Cn1cnnc1CCNS(=O)(=O)c1cc(N)c(F)cc1Cl. The van der Waals surface area contributed by atoms with E-state index in [9.17, 15) is 12.8 Å². The first kappa shape index (κ1) is 15.7. The van der Waals surface area contributed by atoms with Gasteiger partial charge in [0.25, 0.3) is 0 Å². The summed E-state index contributed by atoms with van der Waals surface area (Å²) in [6.07, 6.45) is 1.87. The van der Waals surface area contributed by atoms with Gasteiger partial charge in [-0.1, -0.05) is 11.6 Å². The van der Waals surface area contributed by atoms with E-state index < -0.39 is 15.8 Å². The lowest BCUT2D eigenvalue weighted by molar-refractivity contribution is 0.579. The molecule has 2 aromatic rings. The fraction of sp³-hybridized carbons (Fsp3) is 0.273. The molecule has 0 spiro atoms. The van der Waals surface area contributed by atoms with E-state index in [1.54, 1.807) is 11.6 Å². The molecule has 21 heavy (non-hydrogen) atoms. The van der Waals surface area contributed by atoms with Crippen molar-refractivity contribution in [3.63, 3.8) is 0 Å². The molecule has 7 nitrogen and oxygen atoms in total. The fourth-order valence-electron chi connectivity index (χ4n) is 1.66. The van der Waals surface area contributed by atoms with Crippen LogP contribution >= 0.6 is 11.6 Å². The molecule has 0 aliphatic heterocycles. The average Bonchev–Trinajstić information content (AvgIpc) is 2.79. The Balaban J connectivity index is 2.12. The standard InChI is InChI=1S/C11H13ClFN5O2S/c1-18-6-15-17-11(18)2-3-16-21(19,20)10-5-9(14)8(13)4-7(10)12/h4-6,16H,2-3,14H2,1H3. The van der Waals surface area contributed by atoms with E-state index in [2.05, 4.69) is 14.9 Å². The molecular formula is C11H13ClFN5O2S. The third kappa shape index (κ3) is 3.49. The molecule has 114 valence electrons. The van der Waals surface area contributed by atoms with E-state index in [0.717, 1.165) is 12.1 Å². The third-order valence-electron chi connectivity index (χ3n) is 2.79. The first-order chi connectivity index (χ1) is 9.81. The van der Waals surface area contributed by atoms with Gasteiger partial charge in [-0.05, 0) is 12.1 Å². The molecule has 0 bridgehead atoms. The maximum absolute atomic E-state index is 13.2. The van der Waals surface area contributed by atoms with Crippen LogP contribution in [0.5, 0.6) is 0 Å². The molecule has 0 fully saturated rings. The minimum atomic E-state index is -3.88. The van der Waals surface area contributed by atoms with E-state index in [-0.39, 0.29) is 22.2 Å². The van der Waals surface area contributed by atoms with Crippen molar-refractivity contribution in [2.24, 2.45) is 7.05 Å². The maximum Gasteiger partial charge on any atom is 0.242 e. The van der Waals surface area contributed by atoms with Crippen molar-refractivity contribution >= 4 is 27.3 Å².